The van der Waals surface area contributed by atoms with Crippen molar-refractivity contribution >= 4 is 21.5 Å². The number of benzene rings is 3. The van der Waals surface area contributed by atoms with Gasteiger partial charge in [-0.25, -0.2) is 0 Å². The van der Waals surface area contributed by atoms with Crippen LogP contribution in [0, 0.1) is 0 Å². The van der Waals surface area contributed by atoms with Gasteiger partial charge in [0, 0.05) is 18.0 Å². The molecule has 2 aliphatic rings. The monoisotopic (exact) mass is 437 g/mol. The van der Waals surface area contributed by atoms with Crippen LogP contribution in [0.15, 0.2) is 18.2 Å². The molecule has 2 aliphatic heterocycles. The predicted octanol–water partition coefficient (Wildman–Crippen LogP) is 4.95. The fraction of sp³-hybridized carbons (Fsp3) is 0.462. The highest BCUT2D eigenvalue weighted by Gasteiger charge is 2.33. The number of rotatable bonds is 5. The molecule has 3 aromatic carbocycles. The molecule has 1 fully saturated rings. The molecule has 32 heavy (non-hydrogen) atoms. The Morgan fingerprint density at radius 1 is 0.688 bits per heavy atom. The van der Waals surface area contributed by atoms with Gasteiger partial charge in [-0.3, -0.25) is 4.90 Å². The third-order valence-corrected chi connectivity index (χ3v) is 7.19. The number of hydrogen-bond donors (Lipinski definition) is 0. The standard InChI is InChI=1S/C26H31NO5/c1-28-21-11-17-18(12-22(21)29-2)24-19(13-23(30-3)25(31-4)26(24)32-5)16-10-15-8-6-7-9-27(15)14-20(16)17/h11-13,15H,6-10,14H2,1-5H3. The van der Waals surface area contributed by atoms with Crippen molar-refractivity contribution in [1.29, 1.82) is 0 Å². The summed E-state index contributed by atoms with van der Waals surface area (Å²) in [4.78, 5) is 2.64. The van der Waals surface area contributed by atoms with Crippen LogP contribution in [0.4, 0.5) is 0 Å². The summed E-state index contributed by atoms with van der Waals surface area (Å²) in [6.07, 6.45) is 4.84. The van der Waals surface area contributed by atoms with E-state index in [4.69, 9.17) is 23.7 Å². The van der Waals surface area contributed by atoms with E-state index in [0.29, 0.717) is 29.0 Å². The van der Waals surface area contributed by atoms with Crippen molar-refractivity contribution in [2.75, 3.05) is 42.1 Å². The number of ether oxygens (including phenoxy) is 5. The fourth-order valence-corrected chi connectivity index (χ4v) is 5.67. The van der Waals surface area contributed by atoms with E-state index in [1.807, 2.05) is 0 Å². The van der Waals surface area contributed by atoms with Crippen molar-refractivity contribution in [1.82, 2.24) is 4.90 Å². The Morgan fingerprint density at radius 2 is 1.34 bits per heavy atom. The van der Waals surface area contributed by atoms with Crippen molar-refractivity contribution in [3.05, 3.63) is 29.3 Å². The zero-order chi connectivity index (χ0) is 22.4. The lowest BCUT2D eigenvalue weighted by Gasteiger charge is -2.41. The number of nitrogens with zero attached hydrogens (tertiary/aromatic N) is 1. The molecule has 0 saturated carbocycles. The average Bonchev–Trinajstić information content (AvgIpc) is 2.85. The summed E-state index contributed by atoms with van der Waals surface area (Å²) in [5.74, 6) is 3.41. The van der Waals surface area contributed by atoms with E-state index in [2.05, 4.69) is 23.1 Å². The zero-order valence-electron chi connectivity index (χ0n) is 19.5. The second-order valence-corrected chi connectivity index (χ2v) is 8.60. The van der Waals surface area contributed by atoms with E-state index in [1.165, 1.54) is 41.2 Å². The Labute approximate surface area is 188 Å². The maximum Gasteiger partial charge on any atom is 0.203 e. The van der Waals surface area contributed by atoms with Crippen LogP contribution in [0.25, 0.3) is 21.5 Å². The summed E-state index contributed by atoms with van der Waals surface area (Å²) in [7, 11) is 8.37. The smallest absolute Gasteiger partial charge is 0.203 e. The summed E-state index contributed by atoms with van der Waals surface area (Å²) in [6, 6.07) is 6.88. The molecule has 0 bridgehead atoms. The molecule has 170 valence electrons. The highest BCUT2D eigenvalue weighted by atomic mass is 16.5. The van der Waals surface area contributed by atoms with Gasteiger partial charge >= 0.3 is 0 Å². The maximum absolute atomic E-state index is 5.94. The van der Waals surface area contributed by atoms with E-state index < -0.39 is 0 Å². The molecule has 1 saturated heterocycles. The van der Waals surface area contributed by atoms with E-state index in [0.717, 1.165) is 36.0 Å². The first-order valence-electron chi connectivity index (χ1n) is 11.2. The van der Waals surface area contributed by atoms with Crippen LogP contribution in [0.2, 0.25) is 0 Å². The molecule has 5 rings (SSSR count). The van der Waals surface area contributed by atoms with Crippen molar-refractivity contribution in [3.63, 3.8) is 0 Å². The molecular formula is C26H31NO5. The summed E-state index contributed by atoms with van der Waals surface area (Å²) in [5, 5.41) is 4.45. The summed E-state index contributed by atoms with van der Waals surface area (Å²) < 4.78 is 28.7. The molecule has 3 aromatic rings. The van der Waals surface area contributed by atoms with Gasteiger partial charge in [-0.2, -0.15) is 0 Å². The largest absolute Gasteiger partial charge is 0.493 e. The topological polar surface area (TPSA) is 49.4 Å². The summed E-state index contributed by atoms with van der Waals surface area (Å²) >= 11 is 0. The SMILES string of the molecule is COc1cc2c3c(c4cc(OC)c(OC)c(OC)c4c2cc1OC)CC1CCCCN1C3. The van der Waals surface area contributed by atoms with Crippen molar-refractivity contribution < 1.29 is 23.7 Å². The Kier molecular flexibility index (Phi) is 5.41. The molecule has 0 N–H and O–H groups in total. The highest BCUT2D eigenvalue weighted by molar-refractivity contribution is 6.16. The Morgan fingerprint density at radius 3 is 2.00 bits per heavy atom. The Hall–Kier alpha value is -2.86. The summed E-state index contributed by atoms with van der Waals surface area (Å²) in [6.45, 7) is 2.10. The third kappa shape index (κ3) is 3.04. The molecule has 0 aromatic heterocycles. The summed E-state index contributed by atoms with van der Waals surface area (Å²) in [5.41, 5.74) is 2.74. The van der Waals surface area contributed by atoms with Crippen molar-refractivity contribution in [2.24, 2.45) is 0 Å². The minimum atomic E-state index is 0.580. The van der Waals surface area contributed by atoms with Gasteiger partial charge in [0.2, 0.25) is 5.75 Å². The molecule has 2 heterocycles. The van der Waals surface area contributed by atoms with Gasteiger partial charge in [0.25, 0.3) is 0 Å². The van der Waals surface area contributed by atoms with E-state index >= 15 is 0 Å². The lowest BCUT2D eigenvalue weighted by atomic mass is 9.82. The van der Waals surface area contributed by atoms with Crippen LogP contribution in [0.1, 0.15) is 30.4 Å². The van der Waals surface area contributed by atoms with Crippen LogP contribution in [-0.4, -0.2) is 53.0 Å². The van der Waals surface area contributed by atoms with Crippen molar-refractivity contribution in [2.45, 2.75) is 38.3 Å². The molecular weight excluding hydrogens is 406 g/mol. The molecule has 0 aliphatic carbocycles. The lowest BCUT2D eigenvalue weighted by molar-refractivity contribution is 0.128. The van der Waals surface area contributed by atoms with Crippen LogP contribution >= 0.6 is 0 Å². The van der Waals surface area contributed by atoms with Gasteiger partial charge < -0.3 is 23.7 Å². The first kappa shape index (κ1) is 21.0. The average molecular weight is 438 g/mol. The number of hydrogen-bond acceptors (Lipinski definition) is 6. The lowest BCUT2D eigenvalue weighted by Crippen LogP contribution is -2.43. The fourth-order valence-electron chi connectivity index (χ4n) is 5.67. The Bertz CT molecular complexity index is 1190. The van der Waals surface area contributed by atoms with Crippen LogP contribution < -0.4 is 23.7 Å². The maximum atomic E-state index is 5.94. The van der Waals surface area contributed by atoms with Gasteiger partial charge in [-0.1, -0.05) is 6.42 Å². The molecule has 0 spiro atoms. The number of fused-ring (bicyclic) bond motifs is 7. The molecule has 1 atom stereocenters. The first-order valence-corrected chi connectivity index (χ1v) is 11.2. The molecule has 0 amide bonds. The molecule has 0 radical (unpaired) electrons. The zero-order valence-corrected chi connectivity index (χ0v) is 19.5. The molecule has 6 heteroatoms. The molecule has 6 nitrogen and oxygen atoms in total. The number of methoxy groups -OCH3 is 5. The van der Waals surface area contributed by atoms with Gasteiger partial charge in [-0.15, -0.1) is 0 Å². The van der Waals surface area contributed by atoms with E-state index in [1.54, 1.807) is 35.5 Å². The van der Waals surface area contributed by atoms with Crippen LogP contribution in [0.3, 0.4) is 0 Å². The minimum absolute atomic E-state index is 0.580. The van der Waals surface area contributed by atoms with Gasteiger partial charge in [0.1, 0.15) is 0 Å². The van der Waals surface area contributed by atoms with Crippen LogP contribution in [-0.2, 0) is 13.0 Å². The number of piperidine rings is 1. The molecule has 1 unspecified atom stereocenters. The first-order chi connectivity index (χ1) is 15.6. The van der Waals surface area contributed by atoms with Gasteiger partial charge in [-0.05, 0) is 71.3 Å². The second kappa shape index (κ2) is 8.24. The minimum Gasteiger partial charge on any atom is -0.493 e. The third-order valence-electron chi connectivity index (χ3n) is 7.19. The van der Waals surface area contributed by atoms with E-state index in [-0.39, 0.29) is 0 Å². The Balaban J connectivity index is 1.94. The quantitative estimate of drug-likeness (QED) is 0.527. The van der Waals surface area contributed by atoms with Crippen molar-refractivity contribution in [3.8, 4) is 28.7 Å². The predicted molar refractivity (Wildman–Crippen MR) is 126 cm³/mol. The normalized spacial score (nSPS) is 18.2. The van der Waals surface area contributed by atoms with Crippen LogP contribution in [0.5, 0.6) is 28.7 Å². The highest BCUT2D eigenvalue weighted by Crippen LogP contribution is 2.51. The van der Waals surface area contributed by atoms with Gasteiger partial charge in [0.05, 0.1) is 35.5 Å². The second-order valence-electron chi connectivity index (χ2n) is 8.60. The van der Waals surface area contributed by atoms with Gasteiger partial charge in [0.15, 0.2) is 23.0 Å². The van der Waals surface area contributed by atoms with E-state index in [9.17, 15) is 0 Å².